The molecule has 0 saturated carbocycles. The SMILES string of the molecule is O=C(O)[C@@H]1CC(=CF)CN1. The fourth-order valence-electron chi connectivity index (χ4n) is 0.919. The van der Waals surface area contributed by atoms with E-state index < -0.39 is 12.0 Å². The van der Waals surface area contributed by atoms with E-state index in [0.717, 1.165) is 0 Å². The summed E-state index contributed by atoms with van der Waals surface area (Å²) in [5.74, 6) is -0.920. The first-order valence-corrected chi connectivity index (χ1v) is 2.98. The molecule has 0 radical (unpaired) electrons. The molecular formula is C6H8FNO2. The molecule has 1 aliphatic rings. The van der Waals surface area contributed by atoms with Gasteiger partial charge in [0.25, 0.3) is 0 Å². The van der Waals surface area contributed by atoms with Gasteiger partial charge in [-0.15, -0.1) is 0 Å². The van der Waals surface area contributed by atoms with Crippen molar-refractivity contribution in [3.05, 3.63) is 11.9 Å². The molecule has 2 N–H and O–H groups in total. The lowest BCUT2D eigenvalue weighted by Gasteiger charge is -1.99. The summed E-state index contributed by atoms with van der Waals surface area (Å²) in [5, 5.41) is 11.1. The molecule has 1 aliphatic heterocycles. The zero-order valence-electron chi connectivity index (χ0n) is 5.30. The van der Waals surface area contributed by atoms with E-state index >= 15 is 0 Å². The topological polar surface area (TPSA) is 49.3 Å². The van der Waals surface area contributed by atoms with Crippen molar-refractivity contribution < 1.29 is 14.3 Å². The maximum absolute atomic E-state index is 11.7. The molecular weight excluding hydrogens is 137 g/mol. The number of halogens is 1. The summed E-state index contributed by atoms with van der Waals surface area (Å²) >= 11 is 0. The minimum Gasteiger partial charge on any atom is -0.480 e. The van der Waals surface area contributed by atoms with E-state index in [-0.39, 0.29) is 6.42 Å². The Morgan fingerprint density at radius 1 is 1.90 bits per heavy atom. The standard InChI is InChI=1S/C6H8FNO2/c7-2-4-1-5(6(9)10)8-3-4/h2,5,8H,1,3H2,(H,9,10)/t5-/m0/s1. The third-order valence-electron chi connectivity index (χ3n) is 1.49. The molecule has 0 amide bonds. The molecule has 0 aliphatic carbocycles. The van der Waals surface area contributed by atoms with Crippen LogP contribution in [0.15, 0.2) is 11.9 Å². The highest BCUT2D eigenvalue weighted by Gasteiger charge is 2.24. The van der Waals surface area contributed by atoms with E-state index in [0.29, 0.717) is 18.4 Å². The smallest absolute Gasteiger partial charge is 0.321 e. The molecule has 0 bridgehead atoms. The Morgan fingerprint density at radius 2 is 2.60 bits per heavy atom. The third kappa shape index (κ3) is 1.33. The molecule has 0 aromatic heterocycles. The van der Waals surface area contributed by atoms with Crippen LogP contribution in [0.25, 0.3) is 0 Å². The summed E-state index contributed by atoms with van der Waals surface area (Å²) in [6.07, 6.45) is 0.752. The van der Waals surface area contributed by atoms with E-state index in [1.807, 2.05) is 0 Å². The lowest BCUT2D eigenvalue weighted by atomic mass is 10.2. The molecule has 1 saturated heterocycles. The van der Waals surface area contributed by atoms with Crippen LogP contribution in [0.1, 0.15) is 6.42 Å². The summed E-state index contributed by atoms with van der Waals surface area (Å²) in [6, 6.07) is -0.595. The second-order valence-electron chi connectivity index (χ2n) is 2.24. The van der Waals surface area contributed by atoms with E-state index in [2.05, 4.69) is 5.32 Å². The van der Waals surface area contributed by atoms with Gasteiger partial charge in [-0.2, -0.15) is 0 Å². The fraction of sp³-hybridized carbons (Fsp3) is 0.500. The molecule has 10 heavy (non-hydrogen) atoms. The number of carboxylic acid groups (broad SMARTS) is 1. The van der Waals surface area contributed by atoms with Gasteiger partial charge in [-0.1, -0.05) is 0 Å². The second-order valence-corrected chi connectivity index (χ2v) is 2.24. The number of carbonyl (C=O) groups is 1. The van der Waals surface area contributed by atoms with Gasteiger partial charge in [0, 0.05) is 6.54 Å². The highest BCUT2D eigenvalue weighted by molar-refractivity contribution is 5.74. The number of aliphatic carboxylic acids is 1. The van der Waals surface area contributed by atoms with Crippen molar-refractivity contribution in [2.45, 2.75) is 12.5 Å². The molecule has 0 spiro atoms. The first-order chi connectivity index (χ1) is 4.74. The summed E-state index contributed by atoms with van der Waals surface area (Å²) in [6.45, 7) is 0.355. The van der Waals surface area contributed by atoms with Crippen molar-refractivity contribution in [2.75, 3.05) is 6.54 Å². The number of rotatable bonds is 1. The van der Waals surface area contributed by atoms with Crippen LogP contribution in [0.4, 0.5) is 4.39 Å². The van der Waals surface area contributed by atoms with Gasteiger partial charge < -0.3 is 10.4 Å². The maximum Gasteiger partial charge on any atom is 0.321 e. The summed E-state index contributed by atoms with van der Waals surface area (Å²) < 4.78 is 11.7. The Labute approximate surface area is 57.5 Å². The van der Waals surface area contributed by atoms with Crippen molar-refractivity contribution in [1.29, 1.82) is 0 Å². The quantitative estimate of drug-likeness (QED) is 0.557. The van der Waals surface area contributed by atoms with Crippen LogP contribution >= 0.6 is 0 Å². The zero-order chi connectivity index (χ0) is 7.56. The molecule has 1 rings (SSSR count). The molecule has 0 aromatic rings. The molecule has 4 heteroatoms. The normalized spacial score (nSPS) is 29.3. The number of hydrogen-bond donors (Lipinski definition) is 2. The van der Waals surface area contributed by atoms with Crippen LogP contribution in [0.3, 0.4) is 0 Å². The summed E-state index contributed by atoms with van der Waals surface area (Å²) in [7, 11) is 0. The fourth-order valence-corrected chi connectivity index (χ4v) is 0.919. The predicted octanol–water partition coefficient (Wildman–Crippen LogP) is 0.286. The van der Waals surface area contributed by atoms with E-state index in [4.69, 9.17) is 5.11 Å². The Kier molecular flexibility index (Phi) is 2.01. The monoisotopic (exact) mass is 145 g/mol. The van der Waals surface area contributed by atoms with Crippen LogP contribution < -0.4 is 5.32 Å². The molecule has 1 fully saturated rings. The number of hydrogen-bond acceptors (Lipinski definition) is 2. The zero-order valence-corrected chi connectivity index (χ0v) is 5.30. The van der Waals surface area contributed by atoms with Gasteiger partial charge in [-0.05, 0) is 12.0 Å². The van der Waals surface area contributed by atoms with E-state index in [9.17, 15) is 9.18 Å². The van der Waals surface area contributed by atoms with Gasteiger partial charge in [0.1, 0.15) is 6.04 Å². The van der Waals surface area contributed by atoms with Crippen molar-refractivity contribution in [3.63, 3.8) is 0 Å². The number of carboxylic acids is 1. The largest absolute Gasteiger partial charge is 0.480 e. The molecule has 56 valence electrons. The van der Waals surface area contributed by atoms with Crippen LogP contribution in [0.2, 0.25) is 0 Å². The maximum atomic E-state index is 11.7. The van der Waals surface area contributed by atoms with Gasteiger partial charge in [-0.25, -0.2) is 4.39 Å². The van der Waals surface area contributed by atoms with Gasteiger partial charge in [0.05, 0.1) is 6.33 Å². The van der Waals surface area contributed by atoms with Crippen LogP contribution in [-0.2, 0) is 4.79 Å². The lowest BCUT2D eigenvalue weighted by molar-refractivity contribution is -0.138. The average Bonchev–Trinajstić information content (AvgIpc) is 2.34. The van der Waals surface area contributed by atoms with Gasteiger partial charge >= 0.3 is 5.97 Å². The molecule has 0 aromatic carbocycles. The predicted molar refractivity (Wildman–Crippen MR) is 33.2 cm³/mol. The van der Waals surface area contributed by atoms with E-state index in [1.54, 1.807) is 0 Å². The van der Waals surface area contributed by atoms with Crippen LogP contribution in [-0.4, -0.2) is 23.7 Å². The number of nitrogens with one attached hydrogen (secondary N) is 1. The Bertz CT molecular complexity index is 179. The minimum atomic E-state index is -0.920. The third-order valence-corrected chi connectivity index (χ3v) is 1.49. The van der Waals surface area contributed by atoms with Gasteiger partial charge in [-0.3, -0.25) is 4.79 Å². The van der Waals surface area contributed by atoms with Crippen molar-refractivity contribution in [2.24, 2.45) is 0 Å². The Balaban J connectivity index is 2.51. The first-order valence-electron chi connectivity index (χ1n) is 2.98. The molecule has 3 nitrogen and oxygen atoms in total. The second kappa shape index (κ2) is 2.79. The van der Waals surface area contributed by atoms with Crippen LogP contribution in [0, 0.1) is 0 Å². The Hall–Kier alpha value is -0.900. The van der Waals surface area contributed by atoms with E-state index in [1.165, 1.54) is 0 Å². The van der Waals surface area contributed by atoms with Crippen molar-refractivity contribution >= 4 is 5.97 Å². The average molecular weight is 145 g/mol. The van der Waals surface area contributed by atoms with Crippen molar-refractivity contribution in [1.82, 2.24) is 5.32 Å². The van der Waals surface area contributed by atoms with Crippen LogP contribution in [0.5, 0.6) is 0 Å². The lowest BCUT2D eigenvalue weighted by Crippen LogP contribution is -2.29. The first kappa shape index (κ1) is 7.21. The minimum absolute atomic E-state index is 0.284. The van der Waals surface area contributed by atoms with Gasteiger partial charge in [0.15, 0.2) is 0 Å². The van der Waals surface area contributed by atoms with Gasteiger partial charge in [0.2, 0.25) is 0 Å². The highest BCUT2D eigenvalue weighted by atomic mass is 19.1. The summed E-state index contributed by atoms with van der Waals surface area (Å²) in [5.41, 5.74) is 0.521. The highest BCUT2D eigenvalue weighted by Crippen LogP contribution is 2.12. The summed E-state index contributed by atoms with van der Waals surface area (Å²) in [4.78, 5) is 10.3. The molecule has 0 unspecified atom stereocenters. The molecule has 1 heterocycles. The molecule has 1 atom stereocenters. The Morgan fingerprint density at radius 3 is 2.90 bits per heavy atom. The van der Waals surface area contributed by atoms with Crippen molar-refractivity contribution in [3.8, 4) is 0 Å².